The van der Waals surface area contributed by atoms with Crippen molar-refractivity contribution in [1.29, 1.82) is 0 Å². The zero-order valence-corrected chi connectivity index (χ0v) is 12.7. The minimum Gasteiger partial charge on any atom is -0.367 e. The minimum atomic E-state index is -0.101. The monoisotopic (exact) mass is 304 g/mol. The van der Waals surface area contributed by atoms with Gasteiger partial charge in [-0.3, -0.25) is 10.00 Å². The lowest BCUT2D eigenvalue weighted by molar-refractivity contribution is -0.0396. The molecular formula is C14H20N6O2. The van der Waals surface area contributed by atoms with Crippen LogP contribution in [0.1, 0.15) is 55.2 Å². The first-order valence-electron chi connectivity index (χ1n) is 7.89. The molecule has 1 N–H and O–H groups in total. The van der Waals surface area contributed by atoms with Gasteiger partial charge >= 0.3 is 0 Å². The van der Waals surface area contributed by atoms with Crippen LogP contribution >= 0.6 is 0 Å². The highest BCUT2D eigenvalue weighted by Gasteiger charge is 2.30. The topological polar surface area (TPSA) is 93.0 Å². The molecule has 3 heterocycles. The molecule has 4 rings (SSSR count). The molecule has 8 nitrogen and oxygen atoms in total. The number of nitrogens with zero attached hydrogens (tertiary/aromatic N) is 5. The average molecular weight is 304 g/mol. The molecule has 2 aromatic heterocycles. The molecule has 0 aromatic carbocycles. The second-order valence-corrected chi connectivity index (χ2v) is 5.91. The van der Waals surface area contributed by atoms with Crippen molar-refractivity contribution in [2.24, 2.45) is 0 Å². The fraction of sp³-hybridized carbons (Fsp3) is 0.714. The van der Waals surface area contributed by atoms with Crippen LogP contribution in [-0.2, 0) is 17.7 Å². The van der Waals surface area contributed by atoms with Gasteiger partial charge in [-0.2, -0.15) is 10.1 Å². The van der Waals surface area contributed by atoms with E-state index in [2.05, 4.69) is 30.2 Å². The van der Waals surface area contributed by atoms with Crippen LogP contribution in [0, 0.1) is 0 Å². The molecule has 2 aromatic rings. The van der Waals surface area contributed by atoms with Crippen LogP contribution in [-0.4, -0.2) is 49.9 Å². The molecule has 0 bridgehead atoms. The summed E-state index contributed by atoms with van der Waals surface area (Å²) < 4.78 is 11.1. The van der Waals surface area contributed by atoms with Crippen molar-refractivity contribution in [3.05, 3.63) is 23.4 Å². The Bertz CT molecular complexity index is 635. The zero-order chi connectivity index (χ0) is 14.9. The van der Waals surface area contributed by atoms with E-state index in [1.165, 1.54) is 12.8 Å². The van der Waals surface area contributed by atoms with E-state index in [4.69, 9.17) is 9.26 Å². The van der Waals surface area contributed by atoms with E-state index in [0.29, 0.717) is 25.0 Å². The Kier molecular flexibility index (Phi) is 3.63. The molecule has 1 aliphatic carbocycles. The van der Waals surface area contributed by atoms with Gasteiger partial charge in [-0.1, -0.05) is 12.1 Å². The highest BCUT2D eigenvalue weighted by molar-refractivity contribution is 5.03. The summed E-state index contributed by atoms with van der Waals surface area (Å²) in [5.41, 5.74) is 0. The van der Waals surface area contributed by atoms with Crippen molar-refractivity contribution < 1.29 is 9.26 Å². The molecule has 22 heavy (non-hydrogen) atoms. The van der Waals surface area contributed by atoms with Crippen LogP contribution in [0.15, 0.2) is 4.52 Å². The van der Waals surface area contributed by atoms with Crippen LogP contribution in [0.25, 0.3) is 0 Å². The van der Waals surface area contributed by atoms with Gasteiger partial charge in [-0.15, -0.1) is 0 Å². The summed E-state index contributed by atoms with van der Waals surface area (Å²) in [6.45, 7) is 4.95. The second-order valence-electron chi connectivity index (χ2n) is 5.91. The number of nitrogens with one attached hydrogen (secondary N) is 1. The number of H-pyrrole nitrogens is 1. The molecular weight excluding hydrogens is 284 g/mol. The molecule has 1 saturated carbocycles. The number of aryl methyl sites for hydroxylation is 1. The van der Waals surface area contributed by atoms with Crippen LogP contribution < -0.4 is 0 Å². The third-order valence-electron chi connectivity index (χ3n) is 4.11. The fourth-order valence-electron chi connectivity index (χ4n) is 2.65. The number of rotatable bonds is 5. The SMILES string of the molecule is CCc1nc([C@@H]2CN(Cc3nc(C4CC4)no3)CCO2)n[nH]1. The smallest absolute Gasteiger partial charge is 0.240 e. The van der Waals surface area contributed by atoms with E-state index < -0.39 is 0 Å². The van der Waals surface area contributed by atoms with Crippen LogP contribution in [0.5, 0.6) is 0 Å². The van der Waals surface area contributed by atoms with Gasteiger partial charge < -0.3 is 9.26 Å². The summed E-state index contributed by atoms with van der Waals surface area (Å²) in [6, 6.07) is 0. The summed E-state index contributed by atoms with van der Waals surface area (Å²) in [6.07, 6.45) is 3.11. The van der Waals surface area contributed by atoms with Crippen LogP contribution in [0.2, 0.25) is 0 Å². The van der Waals surface area contributed by atoms with E-state index in [1.807, 2.05) is 6.92 Å². The van der Waals surface area contributed by atoms with Gasteiger partial charge in [0.05, 0.1) is 13.2 Å². The number of morpholine rings is 1. The first kappa shape index (κ1) is 13.8. The molecule has 1 aliphatic heterocycles. The Morgan fingerprint density at radius 1 is 1.27 bits per heavy atom. The van der Waals surface area contributed by atoms with E-state index in [9.17, 15) is 0 Å². The predicted molar refractivity (Wildman–Crippen MR) is 76.0 cm³/mol. The lowest BCUT2D eigenvalue weighted by Crippen LogP contribution is -2.38. The van der Waals surface area contributed by atoms with Crippen LogP contribution in [0.4, 0.5) is 0 Å². The number of hydrogen-bond acceptors (Lipinski definition) is 7. The van der Waals surface area contributed by atoms with Gasteiger partial charge in [-0.05, 0) is 12.8 Å². The summed E-state index contributed by atoms with van der Waals surface area (Å²) in [4.78, 5) is 11.2. The van der Waals surface area contributed by atoms with E-state index in [0.717, 1.165) is 37.0 Å². The van der Waals surface area contributed by atoms with Crippen LogP contribution in [0.3, 0.4) is 0 Å². The molecule has 0 radical (unpaired) electrons. The van der Waals surface area contributed by atoms with E-state index in [-0.39, 0.29) is 6.10 Å². The third kappa shape index (κ3) is 2.89. The largest absolute Gasteiger partial charge is 0.367 e. The standard InChI is InChI=1S/C14H20N6O2/c1-2-11-15-14(18-17-11)10-7-20(5-6-21-10)8-12-16-13(19-22-12)9-3-4-9/h9-10H,2-8H2,1H3,(H,15,17,18)/t10-/m0/s1. The maximum atomic E-state index is 5.79. The van der Waals surface area contributed by atoms with Gasteiger partial charge in [0.2, 0.25) is 5.89 Å². The Morgan fingerprint density at radius 2 is 2.18 bits per heavy atom. The van der Waals surface area contributed by atoms with Crippen molar-refractivity contribution in [1.82, 2.24) is 30.2 Å². The van der Waals surface area contributed by atoms with Crippen molar-refractivity contribution in [3.8, 4) is 0 Å². The van der Waals surface area contributed by atoms with Gasteiger partial charge in [0.15, 0.2) is 11.6 Å². The lowest BCUT2D eigenvalue weighted by atomic mass is 10.2. The van der Waals surface area contributed by atoms with Crippen molar-refractivity contribution >= 4 is 0 Å². The molecule has 2 fully saturated rings. The summed E-state index contributed by atoms with van der Waals surface area (Å²) in [5, 5.41) is 11.2. The number of aromatic amines is 1. The predicted octanol–water partition coefficient (Wildman–Crippen LogP) is 1.20. The quantitative estimate of drug-likeness (QED) is 0.887. The Balaban J connectivity index is 1.39. The third-order valence-corrected chi connectivity index (χ3v) is 4.11. The molecule has 0 spiro atoms. The Labute approximate surface area is 128 Å². The highest BCUT2D eigenvalue weighted by Crippen LogP contribution is 2.38. The fourth-order valence-corrected chi connectivity index (χ4v) is 2.65. The average Bonchev–Trinajstić information content (AvgIpc) is 3.10. The van der Waals surface area contributed by atoms with E-state index >= 15 is 0 Å². The number of ether oxygens (including phenoxy) is 1. The van der Waals surface area contributed by atoms with Crippen molar-refractivity contribution in [2.45, 2.75) is 44.8 Å². The summed E-state index contributed by atoms with van der Waals surface area (Å²) >= 11 is 0. The minimum absolute atomic E-state index is 0.101. The molecule has 1 saturated heterocycles. The maximum Gasteiger partial charge on any atom is 0.240 e. The normalized spacial score (nSPS) is 23.0. The van der Waals surface area contributed by atoms with Gasteiger partial charge in [-0.25, -0.2) is 4.98 Å². The molecule has 0 amide bonds. The summed E-state index contributed by atoms with van der Waals surface area (Å²) in [5.74, 6) is 3.69. The van der Waals surface area contributed by atoms with Gasteiger partial charge in [0.25, 0.3) is 0 Å². The Morgan fingerprint density at radius 3 is 2.95 bits per heavy atom. The first-order chi connectivity index (χ1) is 10.8. The van der Waals surface area contributed by atoms with Crippen molar-refractivity contribution in [3.63, 3.8) is 0 Å². The van der Waals surface area contributed by atoms with Gasteiger partial charge in [0, 0.05) is 25.4 Å². The lowest BCUT2D eigenvalue weighted by Gasteiger charge is -2.30. The molecule has 118 valence electrons. The summed E-state index contributed by atoms with van der Waals surface area (Å²) in [7, 11) is 0. The molecule has 8 heteroatoms. The number of aromatic nitrogens is 5. The molecule has 0 unspecified atom stereocenters. The number of hydrogen-bond donors (Lipinski definition) is 1. The zero-order valence-electron chi connectivity index (χ0n) is 12.7. The first-order valence-corrected chi connectivity index (χ1v) is 7.89. The molecule has 1 atom stereocenters. The maximum absolute atomic E-state index is 5.79. The van der Waals surface area contributed by atoms with E-state index in [1.54, 1.807) is 0 Å². The Hall–Kier alpha value is -1.80. The second kappa shape index (κ2) is 5.77. The van der Waals surface area contributed by atoms with Crippen molar-refractivity contribution in [2.75, 3.05) is 19.7 Å². The highest BCUT2D eigenvalue weighted by atomic mass is 16.5. The van der Waals surface area contributed by atoms with Gasteiger partial charge in [0.1, 0.15) is 11.9 Å². The molecule has 2 aliphatic rings.